The second-order valence-electron chi connectivity index (χ2n) is 5.07. The van der Waals surface area contributed by atoms with Crippen molar-refractivity contribution in [2.75, 3.05) is 13.1 Å². The van der Waals surface area contributed by atoms with Crippen LogP contribution in [0.15, 0.2) is 6.20 Å². The van der Waals surface area contributed by atoms with E-state index < -0.39 is 0 Å². The summed E-state index contributed by atoms with van der Waals surface area (Å²) < 4.78 is 0. The number of thiazole rings is 1. The number of hydrogen-bond donors (Lipinski definition) is 2. The van der Waals surface area contributed by atoms with E-state index in [2.05, 4.69) is 10.3 Å². The summed E-state index contributed by atoms with van der Waals surface area (Å²) in [6, 6.07) is -0.0184. The Morgan fingerprint density at radius 3 is 2.84 bits per heavy atom. The first-order valence-corrected chi connectivity index (χ1v) is 7.50. The first-order valence-electron chi connectivity index (χ1n) is 6.68. The molecule has 1 unspecified atom stereocenters. The molecule has 1 atom stereocenters. The zero-order chi connectivity index (χ0) is 13.8. The highest BCUT2D eigenvalue weighted by molar-refractivity contribution is 7.11. The van der Waals surface area contributed by atoms with Gasteiger partial charge in [0.25, 0.3) is 0 Å². The highest BCUT2D eigenvalue weighted by Gasteiger charge is 2.25. The number of aryl methyl sites for hydroxylation is 1. The molecule has 2 rings (SSSR count). The van der Waals surface area contributed by atoms with E-state index in [4.69, 9.17) is 0 Å². The lowest BCUT2D eigenvalue weighted by Gasteiger charge is -2.33. The van der Waals surface area contributed by atoms with E-state index in [1.807, 2.05) is 18.7 Å². The van der Waals surface area contributed by atoms with Crippen LogP contribution in [0.25, 0.3) is 0 Å². The molecule has 0 saturated carbocycles. The molecule has 1 aliphatic rings. The maximum Gasteiger partial charge on any atom is 0.317 e. The fourth-order valence-electron chi connectivity index (χ4n) is 2.35. The fraction of sp³-hybridized carbons (Fsp3) is 0.692. The van der Waals surface area contributed by atoms with E-state index >= 15 is 0 Å². The summed E-state index contributed by atoms with van der Waals surface area (Å²) in [7, 11) is 0. The number of carbonyl (C=O) groups is 1. The zero-order valence-electron chi connectivity index (χ0n) is 11.4. The van der Waals surface area contributed by atoms with Gasteiger partial charge in [-0.25, -0.2) is 9.78 Å². The molecular weight excluding hydrogens is 262 g/mol. The van der Waals surface area contributed by atoms with Gasteiger partial charge in [-0.3, -0.25) is 0 Å². The highest BCUT2D eigenvalue weighted by atomic mass is 32.1. The van der Waals surface area contributed by atoms with Crippen molar-refractivity contribution >= 4 is 17.4 Å². The number of hydrogen-bond acceptors (Lipinski definition) is 4. The van der Waals surface area contributed by atoms with E-state index in [0.717, 1.165) is 35.8 Å². The third-order valence-corrected chi connectivity index (χ3v) is 4.50. The van der Waals surface area contributed by atoms with Crippen LogP contribution in [-0.4, -0.2) is 40.2 Å². The predicted molar refractivity (Wildman–Crippen MR) is 75.1 cm³/mol. The minimum absolute atomic E-state index is 0.0184. The van der Waals surface area contributed by atoms with Crippen molar-refractivity contribution in [3.63, 3.8) is 0 Å². The highest BCUT2D eigenvalue weighted by Crippen LogP contribution is 2.20. The Morgan fingerprint density at radius 1 is 1.63 bits per heavy atom. The summed E-state index contributed by atoms with van der Waals surface area (Å²) in [5.74, 6) is 0.327. The topological polar surface area (TPSA) is 65.5 Å². The minimum Gasteiger partial charge on any atom is -0.393 e. The number of nitrogens with zero attached hydrogens (tertiary/aromatic N) is 2. The molecule has 0 aliphatic carbocycles. The van der Waals surface area contributed by atoms with Gasteiger partial charge in [0.2, 0.25) is 0 Å². The third-order valence-electron chi connectivity index (χ3n) is 3.59. The van der Waals surface area contributed by atoms with Crippen LogP contribution < -0.4 is 5.32 Å². The Bertz CT molecular complexity index is 425. The van der Waals surface area contributed by atoms with E-state index in [0.29, 0.717) is 12.5 Å². The van der Waals surface area contributed by atoms with E-state index in [-0.39, 0.29) is 12.1 Å². The molecule has 1 aromatic heterocycles. The number of aliphatic hydroxyl groups excluding tert-OH is 1. The lowest BCUT2D eigenvalue weighted by molar-refractivity contribution is 0.0798. The molecule has 2 amide bonds. The van der Waals surface area contributed by atoms with Crippen molar-refractivity contribution in [1.82, 2.24) is 15.2 Å². The van der Waals surface area contributed by atoms with Crippen LogP contribution in [-0.2, 0) is 6.54 Å². The molecular formula is C13H21N3O2S. The Balaban J connectivity index is 1.75. The lowest BCUT2D eigenvalue weighted by Crippen LogP contribution is -2.45. The van der Waals surface area contributed by atoms with Crippen LogP contribution in [0.1, 0.15) is 29.7 Å². The monoisotopic (exact) mass is 283 g/mol. The summed E-state index contributed by atoms with van der Waals surface area (Å²) in [4.78, 5) is 19.1. The van der Waals surface area contributed by atoms with Gasteiger partial charge in [-0.05, 0) is 32.6 Å². The van der Waals surface area contributed by atoms with Gasteiger partial charge in [0.15, 0.2) is 0 Å². The van der Waals surface area contributed by atoms with Crippen LogP contribution >= 0.6 is 11.3 Å². The molecule has 0 bridgehead atoms. The summed E-state index contributed by atoms with van der Waals surface area (Å²) in [5, 5.41) is 13.5. The van der Waals surface area contributed by atoms with Crippen LogP contribution in [0, 0.1) is 12.8 Å². The molecule has 2 heterocycles. The summed E-state index contributed by atoms with van der Waals surface area (Å²) in [6.07, 6.45) is 3.29. The summed E-state index contributed by atoms with van der Waals surface area (Å²) in [6.45, 7) is 5.77. The van der Waals surface area contributed by atoms with E-state index in [9.17, 15) is 9.90 Å². The number of aromatic nitrogens is 1. The minimum atomic E-state index is -0.273. The van der Waals surface area contributed by atoms with Crippen molar-refractivity contribution in [3.05, 3.63) is 16.1 Å². The molecule has 1 saturated heterocycles. The number of piperidine rings is 1. The molecule has 1 aliphatic heterocycles. The van der Waals surface area contributed by atoms with Gasteiger partial charge >= 0.3 is 6.03 Å². The third kappa shape index (κ3) is 3.91. The number of rotatable bonds is 3. The van der Waals surface area contributed by atoms with Crippen LogP contribution in [0.4, 0.5) is 4.79 Å². The average Bonchev–Trinajstić information content (AvgIpc) is 2.82. The Hall–Kier alpha value is -1.14. The number of aliphatic hydroxyl groups is 1. The molecule has 0 spiro atoms. The van der Waals surface area contributed by atoms with Crippen LogP contribution in [0.2, 0.25) is 0 Å². The van der Waals surface area contributed by atoms with Gasteiger partial charge in [0, 0.05) is 24.2 Å². The quantitative estimate of drug-likeness (QED) is 0.888. The molecule has 106 valence electrons. The number of nitrogens with one attached hydrogen (secondary N) is 1. The Kier molecular flexibility index (Phi) is 4.76. The van der Waals surface area contributed by atoms with Gasteiger partial charge in [-0.15, -0.1) is 11.3 Å². The molecule has 1 fully saturated rings. The molecule has 5 nitrogen and oxygen atoms in total. The van der Waals surface area contributed by atoms with Gasteiger partial charge in [0.05, 0.1) is 17.7 Å². The zero-order valence-corrected chi connectivity index (χ0v) is 12.2. The smallest absolute Gasteiger partial charge is 0.317 e. The maximum atomic E-state index is 12.0. The van der Waals surface area contributed by atoms with Crippen LogP contribution in [0.3, 0.4) is 0 Å². The molecule has 1 aromatic rings. The van der Waals surface area contributed by atoms with Gasteiger partial charge in [0.1, 0.15) is 0 Å². The predicted octanol–water partition coefficient (Wildman–Crippen LogP) is 1.75. The molecule has 6 heteroatoms. The summed E-state index contributed by atoms with van der Waals surface area (Å²) in [5.41, 5.74) is 0. The van der Waals surface area contributed by atoms with Crippen molar-refractivity contribution in [2.24, 2.45) is 5.92 Å². The summed E-state index contributed by atoms with van der Waals surface area (Å²) >= 11 is 1.60. The lowest BCUT2D eigenvalue weighted by atomic mass is 9.92. The second-order valence-corrected chi connectivity index (χ2v) is 6.39. The van der Waals surface area contributed by atoms with Crippen molar-refractivity contribution in [2.45, 2.75) is 39.3 Å². The number of likely N-dealkylation sites (tertiary alicyclic amines) is 1. The average molecular weight is 283 g/mol. The SMILES string of the molecule is Cc1ncc(CNC(=O)N2CCC(C(C)O)CC2)s1. The maximum absolute atomic E-state index is 12.0. The number of amides is 2. The van der Waals surface area contributed by atoms with Gasteiger partial charge in [-0.2, -0.15) is 0 Å². The Labute approximate surface area is 117 Å². The van der Waals surface area contributed by atoms with Crippen molar-refractivity contribution in [3.8, 4) is 0 Å². The molecule has 0 radical (unpaired) electrons. The first kappa shape index (κ1) is 14.3. The van der Waals surface area contributed by atoms with Gasteiger partial charge < -0.3 is 15.3 Å². The van der Waals surface area contributed by atoms with Crippen molar-refractivity contribution < 1.29 is 9.90 Å². The van der Waals surface area contributed by atoms with E-state index in [1.54, 1.807) is 17.5 Å². The number of carbonyl (C=O) groups excluding carboxylic acids is 1. The number of urea groups is 1. The second kappa shape index (κ2) is 6.34. The Morgan fingerprint density at radius 2 is 2.32 bits per heavy atom. The standard InChI is InChI=1S/C13H21N3O2S/c1-9(17)11-3-5-16(6-4-11)13(18)15-8-12-7-14-10(2)19-12/h7,9,11,17H,3-6,8H2,1-2H3,(H,15,18). The normalized spacial score (nSPS) is 18.4. The molecule has 2 N–H and O–H groups in total. The molecule has 19 heavy (non-hydrogen) atoms. The first-order chi connectivity index (χ1) is 9.06. The molecule has 0 aromatic carbocycles. The van der Waals surface area contributed by atoms with E-state index in [1.165, 1.54) is 0 Å². The van der Waals surface area contributed by atoms with Gasteiger partial charge in [-0.1, -0.05) is 0 Å². The van der Waals surface area contributed by atoms with Crippen molar-refractivity contribution in [1.29, 1.82) is 0 Å². The fourth-order valence-corrected chi connectivity index (χ4v) is 3.08. The largest absolute Gasteiger partial charge is 0.393 e. The van der Waals surface area contributed by atoms with Crippen LogP contribution in [0.5, 0.6) is 0 Å².